The van der Waals surface area contributed by atoms with E-state index in [0.29, 0.717) is 6.04 Å². The minimum atomic E-state index is 0.531. The van der Waals surface area contributed by atoms with E-state index in [2.05, 4.69) is 176 Å². The fraction of sp³-hybridized carbons (Fsp3) is 0. The first-order valence-electron chi connectivity index (χ1n) is 19.3. The number of benzene rings is 10. The topological polar surface area (TPSA) is 13.1 Å². The van der Waals surface area contributed by atoms with Gasteiger partial charge in [0.1, 0.15) is 11.2 Å². The zero-order chi connectivity index (χ0) is 37.2. The predicted octanol–water partition coefficient (Wildman–Crippen LogP) is 15.4. The average Bonchev–Trinajstić information content (AvgIpc) is 3.64. The minimum absolute atomic E-state index is 0.531. The maximum atomic E-state index is 8.03. The van der Waals surface area contributed by atoms with Crippen molar-refractivity contribution >= 4 is 54.3 Å². The van der Waals surface area contributed by atoms with Gasteiger partial charge in [0.05, 0.1) is 1.37 Å². The molecule has 0 bridgehead atoms. The van der Waals surface area contributed by atoms with Crippen molar-refractivity contribution in [2.24, 2.45) is 0 Å². The quantitative estimate of drug-likeness (QED) is 0.163. The lowest BCUT2D eigenvalue weighted by molar-refractivity contribution is 0.669. The smallest absolute Gasteiger partial charge is 0.136 e. The van der Waals surface area contributed by atoms with Crippen molar-refractivity contribution in [3.8, 4) is 55.6 Å². The molecule has 0 saturated carbocycles. The van der Waals surface area contributed by atoms with Crippen molar-refractivity contribution in [3.05, 3.63) is 206 Å². The number of rotatable bonds is 5. The van der Waals surface area contributed by atoms with E-state index in [-0.39, 0.29) is 0 Å². The summed E-state index contributed by atoms with van der Waals surface area (Å²) < 4.78 is 14.5. The summed E-state index contributed by atoms with van der Waals surface area (Å²) in [5.41, 5.74) is 13.6. The molecule has 0 aliphatic heterocycles. The monoisotopic (exact) mass is 699 g/mol. The van der Waals surface area contributed by atoms with Crippen LogP contribution in [0.2, 0.25) is 0 Å². The van der Waals surface area contributed by atoms with Gasteiger partial charge in [0.15, 0.2) is 0 Å². The van der Waals surface area contributed by atoms with Gasteiger partial charge in [0, 0.05) is 10.8 Å². The third-order valence-electron chi connectivity index (χ3n) is 11.2. The van der Waals surface area contributed by atoms with Crippen molar-refractivity contribution in [1.29, 1.82) is 0 Å². The molecule has 0 aliphatic carbocycles. The Labute approximate surface area is 320 Å². The Morgan fingerprint density at radius 1 is 0.309 bits per heavy atom. The molecule has 11 aromatic rings. The lowest BCUT2D eigenvalue weighted by atomic mass is 9.85. The van der Waals surface area contributed by atoms with Crippen LogP contribution in [0.5, 0.6) is 0 Å². The Morgan fingerprint density at radius 3 is 1.65 bits per heavy atom. The van der Waals surface area contributed by atoms with Gasteiger partial charge in [-0.25, -0.2) is 0 Å². The Bertz CT molecular complexity index is 3240. The Morgan fingerprint density at radius 2 is 0.891 bits per heavy atom. The van der Waals surface area contributed by atoms with Crippen molar-refractivity contribution in [1.82, 2.24) is 0 Å². The molecule has 11 rings (SSSR count). The van der Waals surface area contributed by atoms with E-state index in [1.807, 2.05) is 24.3 Å². The van der Waals surface area contributed by atoms with Crippen LogP contribution in [0.4, 0.5) is 0 Å². The number of fused-ring (bicyclic) bond motifs is 6. The van der Waals surface area contributed by atoms with E-state index >= 15 is 0 Å². The lowest BCUT2D eigenvalue weighted by Gasteiger charge is -2.18. The summed E-state index contributed by atoms with van der Waals surface area (Å²) in [6.07, 6.45) is 0. The fourth-order valence-corrected chi connectivity index (χ4v) is 8.60. The Hall–Kier alpha value is -7.22. The molecule has 0 saturated heterocycles. The first-order chi connectivity index (χ1) is 27.7. The minimum Gasteiger partial charge on any atom is -0.456 e. The Balaban J connectivity index is 1.03. The van der Waals surface area contributed by atoms with E-state index in [9.17, 15) is 0 Å². The molecule has 0 fully saturated rings. The van der Waals surface area contributed by atoms with E-state index in [1.54, 1.807) is 0 Å². The summed E-state index contributed by atoms with van der Waals surface area (Å²) in [7, 11) is 0. The van der Waals surface area contributed by atoms with E-state index in [4.69, 9.17) is 5.79 Å². The van der Waals surface area contributed by atoms with Crippen LogP contribution in [-0.4, -0.2) is 0 Å². The van der Waals surface area contributed by atoms with Crippen molar-refractivity contribution in [2.75, 3.05) is 0 Å². The van der Waals surface area contributed by atoms with Crippen LogP contribution in [-0.2, 0) is 0 Å². The second-order valence-corrected chi connectivity index (χ2v) is 14.3. The molecular weight excluding hydrogens is 665 g/mol. The molecule has 256 valence electrons. The molecule has 1 aromatic heterocycles. The van der Waals surface area contributed by atoms with Gasteiger partial charge in [-0.3, -0.25) is 0 Å². The molecule has 0 radical (unpaired) electrons. The third-order valence-corrected chi connectivity index (χ3v) is 11.2. The highest BCUT2D eigenvalue weighted by Crippen LogP contribution is 2.45. The van der Waals surface area contributed by atoms with Gasteiger partial charge in [-0.15, -0.1) is 0 Å². The predicted molar refractivity (Wildman–Crippen MR) is 233 cm³/mol. The highest BCUT2D eigenvalue weighted by molar-refractivity contribution is 6.21. The molecule has 1 nitrogen and oxygen atoms in total. The van der Waals surface area contributed by atoms with Gasteiger partial charge in [0.25, 0.3) is 0 Å². The van der Waals surface area contributed by atoms with Crippen LogP contribution in [0.15, 0.2) is 211 Å². The molecule has 0 aliphatic rings. The molecule has 0 amide bonds. The molecule has 0 unspecified atom stereocenters. The molecule has 10 aromatic carbocycles. The highest BCUT2D eigenvalue weighted by atomic mass is 16.3. The standard InChI is InChI=1S/C54H34O/c1-2-12-35(13-3-1)42-30-31-49-51(34-42)55-50-23-11-22-44(54(49)50)37-25-27-38(28-26-37)52-45-18-6-8-20-47(45)53(48-21-9-7-19-46(48)52)43-17-10-16-40(33-43)41-29-24-36-14-4-5-15-39(36)32-41/h1-34H/i4D. The molecule has 0 spiro atoms. The van der Waals surface area contributed by atoms with Gasteiger partial charge in [-0.1, -0.05) is 176 Å². The number of furan rings is 1. The van der Waals surface area contributed by atoms with E-state index in [0.717, 1.165) is 49.4 Å². The van der Waals surface area contributed by atoms with Crippen LogP contribution in [0.3, 0.4) is 0 Å². The SMILES string of the molecule is [2H]c1ccc2cc(-c3cccc(-c4c5ccccc5c(-c5ccc(-c6cccc7oc8cc(-c9ccccc9)ccc8c67)cc5)c5ccccc45)c3)ccc2c1. The lowest BCUT2D eigenvalue weighted by Crippen LogP contribution is -1.91. The van der Waals surface area contributed by atoms with Crippen LogP contribution in [0, 0.1) is 0 Å². The summed E-state index contributed by atoms with van der Waals surface area (Å²) in [5.74, 6) is 0. The summed E-state index contributed by atoms with van der Waals surface area (Å²) in [6, 6.07) is 72.0. The molecule has 1 heterocycles. The number of hydrogen-bond donors (Lipinski definition) is 0. The second kappa shape index (κ2) is 12.7. The first-order valence-corrected chi connectivity index (χ1v) is 18.8. The van der Waals surface area contributed by atoms with Gasteiger partial charge < -0.3 is 4.42 Å². The van der Waals surface area contributed by atoms with Crippen LogP contribution >= 0.6 is 0 Å². The van der Waals surface area contributed by atoms with Gasteiger partial charge in [0.2, 0.25) is 0 Å². The highest BCUT2D eigenvalue weighted by Gasteiger charge is 2.18. The molecule has 1 heteroatoms. The van der Waals surface area contributed by atoms with Crippen molar-refractivity contribution in [3.63, 3.8) is 0 Å². The van der Waals surface area contributed by atoms with Gasteiger partial charge >= 0.3 is 0 Å². The van der Waals surface area contributed by atoms with E-state index in [1.165, 1.54) is 60.5 Å². The Kier molecular flexibility index (Phi) is 7.00. The van der Waals surface area contributed by atoms with Gasteiger partial charge in [-0.05, 0) is 118 Å². The zero-order valence-electron chi connectivity index (χ0n) is 31.0. The largest absolute Gasteiger partial charge is 0.456 e. The first kappa shape index (κ1) is 30.3. The average molecular weight is 700 g/mol. The molecule has 0 atom stereocenters. The normalized spacial score (nSPS) is 11.9. The molecular formula is C54H34O. The van der Waals surface area contributed by atoms with Crippen molar-refractivity contribution < 1.29 is 5.79 Å². The summed E-state index contributed by atoms with van der Waals surface area (Å²) >= 11 is 0. The number of hydrogen-bond acceptors (Lipinski definition) is 1. The maximum absolute atomic E-state index is 8.03. The third kappa shape index (κ3) is 5.24. The molecule has 55 heavy (non-hydrogen) atoms. The van der Waals surface area contributed by atoms with Gasteiger partial charge in [-0.2, -0.15) is 0 Å². The van der Waals surface area contributed by atoms with Crippen LogP contribution < -0.4 is 0 Å². The van der Waals surface area contributed by atoms with Crippen LogP contribution in [0.1, 0.15) is 1.37 Å². The second-order valence-electron chi connectivity index (χ2n) is 14.3. The summed E-state index contributed by atoms with van der Waals surface area (Å²) in [6.45, 7) is 0. The zero-order valence-corrected chi connectivity index (χ0v) is 30.0. The molecule has 0 N–H and O–H groups in total. The van der Waals surface area contributed by atoms with Crippen molar-refractivity contribution in [2.45, 2.75) is 0 Å². The van der Waals surface area contributed by atoms with E-state index < -0.39 is 0 Å². The maximum Gasteiger partial charge on any atom is 0.136 e. The summed E-state index contributed by atoms with van der Waals surface area (Å²) in [5, 5.41) is 9.41. The fourth-order valence-electron chi connectivity index (χ4n) is 8.60. The summed E-state index contributed by atoms with van der Waals surface area (Å²) in [4.78, 5) is 0. The van der Waals surface area contributed by atoms with Crippen LogP contribution in [0.25, 0.3) is 110 Å².